The van der Waals surface area contributed by atoms with Crippen LogP contribution in [0.25, 0.3) is 0 Å². The number of primary amides is 1. The third-order valence-electron chi connectivity index (χ3n) is 2.78. The number of hydrogen-bond acceptors (Lipinski definition) is 3. The first-order valence-electron chi connectivity index (χ1n) is 6.06. The summed E-state index contributed by atoms with van der Waals surface area (Å²) in [6.45, 7) is 0.239. The van der Waals surface area contributed by atoms with Crippen LogP contribution in [0.1, 0.15) is 11.1 Å². The van der Waals surface area contributed by atoms with Crippen molar-refractivity contribution in [2.75, 3.05) is 5.32 Å². The molecule has 4 nitrogen and oxygen atoms in total. The molecule has 0 radical (unpaired) electrons. The highest BCUT2D eigenvalue weighted by Crippen LogP contribution is 2.20. The molecule has 0 atom stereocenters. The first kappa shape index (κ1) is 15.2. The number of anilines is 1. The van der Waals surface area contributed by atoms with E-state index in [-0.39, 0.29) is 18.1 Å². The third kappa shape index (κ3) is 4.13. The molecule has 2 rings (SSSR count). The van der Waals surface area contributed by atoms with Gasteiger partial charge in [0.1, 0.15) is 5.15 Å². The monoisotopic (exact) mass is 311 g/mol. The van der Waals surface area contributed by atoms with Crippen molar-refractivity contribution in [2.24, 2.45) is 5.73 Å². The molecule has 0 spiro atoms. The lowest BCUT2D eigenvalue weighted by Crippen LogP contribution is -2.15. The van der Waals surface area contributed by atoms with Crippen molar-refractivity contribution in [1.29, 1.82) is 0 Å². The van der Waals surface area contributed by atoms with Crippen LogP contribution in [-0.4, -0.2) is 10.9 Å². The van der Waals surface area contributed by atoms with Crippen molar-refractivity contribution in [2.45, 2.75) is 13.0 Å². The number of benzene rings is 1. The molecule has 3 N–H and O–H groups in total. The maximum absolute atomic E-state index is 13.1. The average Bonchev–Trinajstić information content (AvgIpc) is 2.42. The summed E-state index contributed by atoms with van der Waals surface area (Å²) in [6, 6.07) is 5.15. The van der Waals surface area contributed by atoms with Crippen LogP contribution in [0.2, 0.25) is 5.15 Å². The summed E-state index contributed by atoms with van der Waals surface area (Å²) >= 11 is 5.80. The minimum atomic E-state index is -0.917. The topological polar surface area (TPSA) is 68.0 Å². The molecule has 2 aromatic rings. The van der Waals surface area contributed by atoms with Gasteiger partial charge in [0.2, 0.25) is 5.91 Å². The van der Waals surface area contributed by atoms with Crippen molar-refractivity contribution in [1.82, 2.24) is 4.98 Å². The molecule has 1 heterocycles. The summed E-state index contributed by atoms with van der Waals surface area (Å²) in [5, 5.41) is 3.25. The number of halogens is 3. The number of amides is 1. The number of hydrogen-bond donors (Lipinski definition) is 2. The quantitative estimate of drug-likeness (QED) is 0.834. The van der Waals surface area contributed by atoms with Gasteiger partial charge in [-0.25, -0.2) is 13.8 Å². The standard InChI is InChI=1S/C14H12ClF2N3O/c15-13-5-12(9(7-20-13)4-14(18)21)19-6-8-1-2-10(16)11(17)3-8/h1-3,5,7H,4,6H2,(H2,18,21)(H,19,20). The highest BCUT2D eigenvalue weighted by atomic mass is 35.5. The smallest absolute Gasteiger partial charge is 0.221 e. The van der Waals surface area contributed by atoms with Gasteiger partial charge in [0.25, 0.3) is 0 Å². The molecule has 110 valence electrons. The van der Waals surface area contributed by atoms with Crippen LogP contribution in [0.4, 0.5) is 14.5 Å². The zero-order valence-electron chi connectivity index (χ0n) is 10.9. The van der Waals surface area contributed by atoms with Gasteiger partial charge in [-0.2, -0.15) is 0 Å². The van der Waals surface area contributed by atoms with Gasteiger partial charge in [-0.15, -0.1) is 0 Å². The predicted molar refractivity (Wildman–Crippen MR) is 75.8 cm³/mol. The van der Waals surface area contributed by atoms with E-state index in [1.807, 2.05) is 0 Å². The lowest BCUT2D eigenvalue weighted by molar-refractivity contribution is -0.117. The van der Waals surface area contributed by atoms with Crippen molar-refractivity contribution in [3.8, 4) is 0 Å². The Morgan fingerprint density at radius 1 is 1.29 bits per heavy atom. The average molecular weight is 312 g/mol. The second-order valence-corrected chi connectivity index (χ2v) is 4.80. The molecule has 0 aliphatic heterocycles. The number of nitrogens with one attached hydrogen (secondary N) is 1. The molecule has 1 amide bonds. The second kappa shape index (κ2) is 6.49. The van der Waals surface area contributed by atoms with Crippen LogP contribution in [0.5, 0.6) is 0 Å². The number of nitrogens with zero attached hydrogens (tertiary/aromatic N) is 1. The normalized spacial score (nSPS) is 10.4. The van der Waals surface area contributed by atoms with Crippen LogP contribution < -0.4 is 11.1 Å². The fraction of sp³-hybridized carbons (Fsp3) is 0.143. The molecule has 0 unspecified atom stereocenters. The Balaban J connectivity index is 2.16. The molecular formula is C14H12ClF2N3O. The molecule has 0 saturated heterocycles. The summed E-state index contributed by atoms with van der Waals surface area (Å²) in [5.41, 5.74) is 6.85. The van der Waals surface area contributed by atoms with Crippen LogP contribution in [0.3, 0.4) is 0 Å². The predicted octanol–water partition coefficient (Wildman–Crippen LogP) is 2.65. The van der Waals surface area contributed by atoms with E-state index >= 15 is 0 Å². The summed E-state index contributed by atoms with van der Waals surface area (Å²) in [5.74, 6) is -2.32. The molecule has 0 aliphatic carbocycles. The van der Waals surface area contributed by atoms with Crippen molar-refractivity contribution >= 4 is 23.2 Å². The van der Waals surface area contributed by atoms with E-state index in [1.54, 1.807) is 6.07 Å². The molecule has 7 heteroatoms. The molecule has 1 aromatic heterocycles. The van der Waals surface area contributed by atoms with E-state index in [1.165, 1.54) is 12.3 Å². The van der Waals surface area contributed by atoms with Gasteiger partial charge in [-0.3, -0.25) is 4.79 Å². The van der Waals surface area contributed by atoms with E-state index in [2.05, 4.69) is 10.3 Å². The fourth-order valence-corrected chi connectivity index (χ4v) is 1.96. The van der Waals surface area contributed by atoms with E-state index in [9.17, 15) is 13.6 Å². The van der Waals surface area contributed by atoms with Gasteiger partial charge in [0, 0.05) is 24.0 Å². The van der Waals surface area contributed by atoms with Gasteiger partial charge < -0.3 is 11.1 Å². The van der Waals surface area contributed by atoms with Crippen LogP contribution >= 0.6 is 11.6 Å². The summed E-state index contributed by atoms with van der Waals surface area (Å²) in [4.78, 5) is 14.9. The van der Waals surface area contributed by atoms with Gasteiger partial charge in [-0.1, -0.05) is 17.7 Å². The number of carbonyl (C=O) groups excluding carboxylic acids is 1. The number of rotatable bonds is 5. The molecule has 0 fully saturated rings. The Bertz CT molecular complexity index is 679. The van der Waals surface area contributed by atoms with E-state index in [0.717, 1.165) is 12.1 Å². The maximum atomic E-state index is 13.1. The zero-order chi connectivity index (χ0) is 15.4. The van der Waals surface area contributed by atoms with Gasteiger partial charge in [0.05, 0.1) is 6.42 Å². The number of carbonyl (C=O) groups is 1. The molecule has 21 heavy (non-hydrogen) atoms. The SMILES string of the molecule is NC(=O)Cc1cnc(Cl)cc1NCc1ccc(F)c(F)c1. The van der Waals surface area contributed by atoms with E-state index < -0.39 is 17.5 Å². The minimum Gasteiger partial charge on any atom is -0.381 e. The Labute approximate surface area is 124 Å². The molecule has 0 aliphatic rings. The number of nitrogens with two attached hydrogens (primary N) is 1. The number of pyridine rings is 1. The molecule has 0 bridgehead atoms. The van der Waals surface area contributed by atoms with Crippen molar-refractivity contribution < 1.29 is 13.6 Å². The Morgan fingerprint density at radius 3 is 2.71 bits per heavy atom. The minimum absolute atomic E-state index is 0.00425. The van der Waals surface area contributed by atoms with E-state index in [0.29, 0.717) is 16.8 Å². The van der Waals surface area contributed by atoms with Gasteiger partial charge >= 0.3 is 0 Å². The maximum Gasteiger partial charge on any atom is 0.221 e. The summed E-state index contributed by atoms with van der Waals surface area (Å²) in [7, 11) is 0. The lowest BCUT2D eigenvalue weighted by atomic mass is 10.1. The van der Waals surface area contributed by atoms with E-state index in [4.69, 9.17) is 17.3 Å². The van der Waals surface area contributed by atoms with Gasteiger partial charge in [0.15, 0.2) is 11.6 Å². The first-order chi connectivity index (χ1) is 9.95. The van der Waals surface area contributed by atoms with Gasteiger partial charge in [-0.05, 0) is 23.8 Å². The summed E-state index contributed by atoms with van der Waals surface area (Å²) in [6.07, 6.45) is 1.45. The van der Waals surface area contributed by atoms with Crippen LogP contribution in [0.15, 0.2) is 30.5 Å². The lowest BCUT2D eigenvalue weighted by Gasteiger charge is -2.11. The zero-order valence-corrected chi connectivity index (χ0v) is 11.6. The summed E-state index contributed by atoms with van der Waals surface area (Å²) < 4.78 is 26.0. The third-order valence-corrected chi connectivity index (χ3v) is 2.99. The van der Waals surface area contributed by atoms with Crippen molar-refractivity contribution in [3.05, 3.63) is 58.4 Å². The van der Waals surface area contributed by atoms with Crippen molar-refractivity contribution in [3.63, 3.8) is 0 Å². The Hall–Kier alpha value is -2.21. The molecular weight excluding hydrogens is 300 g/mol. The molecule has 0 saturated carbocycles. The Kier molecular flexibility index (Phi) is 4.70. The van der Waals surface area contributed by atoms with Crippen LogP contribution in [0, 0.1) is 11.6 Å². The van der Waals surface area contributed by atoms with Crippen LogP contribution in [-0.2, 0) is 17.8 Å². The number of aromatic nitrogens is 1. The largest absolute Gasteiger partial charge is 0.381 e. The highest BCUT2D eigenvalue weighted by molar-refractivity contribution is 6.29. The molecule has 1 aromatic carbocycles. The highest BCUT2D eigenvalue weighted by Gasteiger charge is 2.08. The first-order valence-corrected chi connectivity index (χ1v) is 6.44. The Morgan fingerprint density at radius 2 is 2.05 bits per heavy atom. The second-order valence-electron chi connectivity index (χ2n) is 4.41. The fourth-order valence-electron chi connectivity index (χ4n) is 1.80.